The standard InChI is InChI=1S/C15H14ClF4N3O/c1-9-13(16)14(15(18,19)20)22-23(9)7-6-12(24)21-8-10-2-4-11(17)5-3-10/h2-5H,6-8H2,1H3,(H,21,24). The first-order chi connectivity index (χ1) is 11.2. The average molecular weight is 364 g/mol. The van der Waals surface area contributed by atoms with E-state index in [4.69, 9.17) is 11.6 Å². The van der Waals surface area contributed by atoms with Crippen LogP contribution in [0.25, 0.3) is 0 Å². The van der Waals surface area contributed by atoms with Crippen LogP contribution in [0.5, 0.6) is 0 Å². The number of carbonyl (C=O) groups excluding carboxylic acids is 1. The lowest BCUT2D eigenvalue weighted by molar-refractivity contribution is -0.141. The first-order valence-electron chi connectivity index (χ1n) is 6.99. The number of hydrogen-bond donors (Lipinski definition) is 1. The van der Waals surface area contributed by atoms with Crippen LogP contribution in [0.2, 0.25) is 5.02 Å². The van der Waals surface area contributed by atoms with E-state index in [-0.39, 0.29) is 36.9 Å². The second-order valence-electron chi connectivity index (χ2n) is 5.12. The number of nitrogens with zero attached hydrogens (tertiary/aromatic N) is 2. The zero-order valence-electron chi connectivity index (χ0n) is 12.6. The molecule has 0 aliphatic heterocycles. The normalized spacial score (nSPS) is 11.6. The third-order valence-corrected chi connectivity index (χ3v) is 3.81. The molecule has 0 unspecified atom stereocenters. The Balaban J connectivity index is 1.91. The predicted octanol–water partition coefficient (Wildman–Crippen LogP) is 3.71. The molecule has 2 rings (SSSR count). The maximum atomic E-state index is 12.8. The minimum atomic E-state index is -4.64. The largest absolute Gasteiger partial charge is 0.436 e. The molecule has 9 heteroatoms. The highest BCUT2D eigenvalue weighted by molar-refractivity contribution is 6.31. The van der Waals surface area contributed by atoms with Crippen LogP contribution in [-0.2, 0) is 24.1 Å². The summed E-state index contributed by atoms with van der Waals surface area (Å²) < 4.78 is 52.0. The Morgan fingerprint density at radius 2 is 1.92 bits per heavy atom. The number of alkyl halides is 3. The van der Waals surface area contributed by atoms with Crippen molar-refractivity contribution in [3.8, 4) is 0 Å². The van der Waals surface area contributed by atoms with Crippen LogP contribution in [0.3, 0.4) is 0 Å². The lowest BCUT2D eigenvalue weighted by Crippen LogP contribution is -2.24. The lowest BCUT2D eigenvalue weighted by atomic mass is 10.2. The molecule has 0 atom stereocenters. The quantitative estimate of drug-likeness (QED) is 0.823. The van der Waals surface area contributed by atoms with Crippen LogP contribution in [-0.4, -0.2) is 15.7 Å². The average Bonchev–Trinajstić information content (AvgIpc) is 2.80. The molecule has 0 bridgehead atoms. The SMILES string of the molecule is Cc1c(Cl)c(C(F)(F)F)nn1CCC(=O)NCc1ccc(F)cc1. The van der Waals surface area contributed by atoms with Gasteiger partial charge in [-0.2, -0.15) is 18.3 Å². The maximum absolute atomic E-state index is 12.8. The minimum absolute atomic E-state index is 0.0309. The van der Waals surface area contributed by atoms with Crippen LogP contribution in [0.15, 0.2) is 24.3 Å². The summed E-state index contributed by atoms with van der Waals surface area (Å²) in [6, 6.07) is 5.61. The number of benzene rings is 1. The van der Waals surface area contributed by atoms with Gasteiger partial charge in [0, 0.05) is 13.0 Å². The molecule has 0 aliphatic carbocycles. The van der Waals surface area contributed by atoms with Gasteiger partial charge in [-0.05, 0) is 24.6 Å². The molecule has 1 heterocycles. The third kappa shape index (κ3) is 4.47. The first-order valence-corrected chi connectivity index (χ1v) is 7.37. The highest BCUT2D eigenvalue weighted by Gasteiger charge is 2.38. The molecular formula is C15H14ClF4N3O. The Morgan fingerprint density at radius 1 is 1.29 bits per heavy atom. The van der Waals surface area contributed by atoms with Crippen LogP contribution in [0, 0.1) is 12.7 Å². The molecule has 0 aliphatic rings. The zero-order chi connectivity index (χ0) is 17.9. The van der Waals surface area contributed by atoms with Crippen LogP contribution < -0.4 is 5.32 Å². The Hall–Kier alpha value is -2.09. The van der Waals surface area contributed by atoms with E-state index >= 15 is 0 Å². The third-order valence-electron chi connectivity index (χ3n) is 3.36. The van der Waals surface area contributed by atoms with E-state index in [9.17, 15) is 22.4 Å². The molecule has 0 spiro atoms. The molecule has 130 valence electrons. The molecule has 2 aromatic rings. The minimum Gasteiger partial charge on any atom is -0.352 e. The predicted molar refractivity (Wildman–Crippen MR) is 79.8 cm³/mol. The number of rotatable bonds is 5. The molecule has 1 amide bonds. The summed E-state index contributed by atoms with van der Waals surface area (Å²) in [4.78, 5) is 11.8. The van der Waals surface area contributed by atoms with Gasteiger partial charge in [0.1, 0.15) is 5.82 Å². The van der Waals surface area contributed by atoms with Crippen molar-refractivity contribution in [3.63, 3.8) is 0 Å². The number of halogens is 5. The summed E-state index contributed by atoms with van der Waals surface area (Å²) in [6.45, 7) is 1.57. The number of aromatic nitrogens is 2. The first kappa shape index (κ1) is 18.3. The van der Waals surface area contributed by atoms with Gasteiger partial charge in [0.15, 0.2) is 5.69 Å². The van der Waals surface area contributed by atoms with Crippen LogP contribution in [0.4, 0.5) is 17.6 Å². The molecule has 0 radical (unpaired) electrons. The van der Waals surface area contributed by atoms with E-state index in [2.05, 4.69) is 10.4 Å². The summed E-state index contributed by atoms with van der Waals surface area (Å²) in [5.41, 5.74) is -0.300. The monoisotopic (exact) mass is 363 g/mol. The summed E-state index contributed by atoms with van der Waals surface area (Å²) in [5, 5.41) is 5.56. The van der Waals surface area contributed by atoms with Crippen molar-refractivity contribution in [1.29, 1.82) is 0 Å². The highest BCUT2D eigenvalue weighted by Crippen LogP contribution is 2.35. The summed E-state index contributed by atoms with van der Waals surface area (Å²) in [6.07, 6.45) is -4.70. The van der Waals surface area contributed by atoms with Gasteiger partial charge < -0.3 is 5.32 Å². The Kier molecular flexibility index (Phi) is 5.48. The smallest absolute Gasteiger partial charge is 0.352 e. The number of aryl methyl sites for hydroxylation is 1. The second-order valence-corrected chi connectivity index (χ2v) is 5.50. The number of amides is 1. The van der Waals surface area contributed by atoms with E-state index < -0.39 is 16.9 Å². The van der Waals surface area contributed by atoms with E-state index in [0.29, 0.717) is 5.56 Å². The van der Waals surface area contributed by atoms with Gasteiger partial charge in [-0.15, -0.1) is 0 Å². The fraction of sp³-hybridized carbons (Fsp3) is 0.333. The number of carbonyl (C=O) groups is 1. The van der Waals surface area contributed by atoms with Crippen LogP contribution >= 0.6 is 11.6 Å². The molecule has 1 aromatic heterocycles. The molecule has 0 fully saturated rings. The molecule has 24 heavy (non-hydrogen) atoms. The fourth-order valence-electron chi connectivity index (χ4n) is 2.02. The van der Waals surface area contributed by atoms with Gasteiger partial charge in [0.25, 0.3) is 0 Å². The van der Waals surface area contributed by atoms with Gasteiger partial charge >= 0.3 is 6.18 Å². The Morgan fingerprint density at radius 3 is 2.46 bits per heavy atom. The summed E-state index contributed by atoms with van der Waals surface area (Å²) >= 11 is 5.63. The molecule has 1 N–H and O–H groups in total. The van der Waals surface area contributed by atoms with E-state index in [1.54, 1.807) is 0 Å². The number of nitrogens with one attached hydrogen (secondary N) is 1. The van der Waals surface area contributed by atoms with Crippen molar-refractivity contribution in [2.24, 2.45) is 0 Å². The van der Waals surface area contributed by atoms with Crippen molar-refractivity contribution in [1.82, 2.24) is 15.1 Å². The van der Waals surface area contributed by atoms with Gasteiger partial charge in [-0.1, -0.05) is 23.7 Å². The second kappa shape index (κ2) is 7.21. The topological polar surface area (TPSA) is 46.9 Å². The van der Waals surface area contributed by atoms with Crippen molar-refractivity contribution in [3.05, 3.63) is 52.1 Å². The summed E-state index contributed by atoms with van der Waals surface area (Å²) in [7, 11) is 0. The van der Waals surface area contributed by atoms with Gasteiger partial charge in [0.05, 0.1) is 17.3 Å². The van der Waals surface area contributed by atoms with Crippen LogP contribution in [0.1, 0.15) is 23.4 Å². The Labute approximate surface area is 140 Å². The van der Waals surface area contributed by atoms with Crippen molar-refractivity contribution in [2.45, 2.75) is 32.6 Å². The van der Waals surface area contributed by atoms with E-state index in [1.165, 1.54) is 31.2 Å². The Bertz CT molecular complexity index is 726. The zero-order valence-corrected chi connectivity index (χ0v) is 13.4. The highest BCUT2D eigenvalue weighted by atomic mass is 35.5. The molecule has 0 saturated heterocycles. The lowest BCUT2D eigenvalue weighted by Gasteiger charge is -2.07. The molecular weight excluding hydrogens is 350 g/mol. The van der Waals surface area contributed by atoms with E-state index in [1.807, 2.05) is 0 Å². The van der Waals surface area contributed by atoms with Gasteiger partial charge in [-0.25, -0.2) is 4.39 Å². The van der Waals surface area contributed by atoms with E-state index in [0.717, 1.165) is 4.68 Å². The van der Waals surface area contributed by atoms with Crippen molar-refractivity contribution < 1.29 is 22.4 Å². The van der Waals surface area contributed by atoms with Gasteiger partial charge in [-0.3, -0.25) is 9.48 Å². The molecule has 4 nitrogen and oxygen atoms in total. The fourth-order valence-corrected chi connectivity index (χ4v) is 2.26. The van der Waals surface area contributed by atoms with Crippen molar-refractivity contribution in [2.75, 3.05) is 0 Å². The summed E-state index contributed by atoms with van der Waals surface area (Å²) in [5.74, 6) is -0.740. The maximum Gasteiger partial charge on any atom is 0.436 e. The number of hydrogen-bond acceptors (Lipinski definition) is 2. The molecule has 1 aromatic carbocycles. The molecule has 0 saturated carbocycles. The van der Waals surface area contributed by atoms with Crippen molar-refractivity contribution >= 4 is 17.5 Å². The van der Waals surface area contributed by atoms with Gasteiger partial charge in [0.2, 0.25) is 5.91 Å².